The number of fused-ring (bicyclic) bond motifs is 1. The van der Waals surface area contributed by atoms with E-state index in [1.165, 1.54) is 12.3 Å². The molecule has 4 rings (SSSR count). The van der Waals surface area contributed by atoms with Crippen LogP contribution in [0, 0.1) is 5.92 Å². The maximum Gasteiger partial charge on any atom is 0.418 e. The molecule has 2 aliphatic heterocycles. The molecule has 1 aromatic heterocycles. The zero-order chi connectivity index (χ0) is 19.8. The number of nitrogens with zero attached hydrogens (tertiary/aromatic N) is 2. The third-order valence-electron chi connectivity index (χ3n) is 4.99. The van der Waals surface area contributed by atoms with E-state index >= 15 is 0 Å². The van der Waals surface area contributed by atoms with Crippen LogP contribution < -0.4 is 11.2 Å². The van der Waals surface area contributed by atoms with Gasteiger partial charge < -0.3 is 18.9 Å². The van der Waals surface area contributed by atoms with Crippen molar-refractivity contribution in [3.63, 3.8) is 0 Å². The average Bonchev–Trinajstić information content (AvgIpc) is 2.96. The van der Waals surface area contributed by atoms with Crippen LogP contribution in [0.25, 0.3) is 0 Å². The molecular formula is C16H17N3O9. The first-order valence-corrected chi connectivity index (χ1v) is 8.71. The van der Waals surface area contributed by atoms with Crippen molar-refractivity contribution in [2.75, 3.05) is 12.1 Å². The lowest BCUT2D eigenvalue weighted by Gasteiger charge is -2.28. The van der Waals surface area contributed by atoms with Crippen LogP contribution in [0.5, 0.6) is 0 Å². The fourth-order valence-corrected chi connectivity index (χ4v) is 3.27. The van der Waals surface area contributed by atoms with E-state index in [4.69, 9.17) is 24.2 Å². The zero-order valence-electron chi connectivity index (χ0n) is 14.5. The van der Waals surface area contributed by atoms with Gasteiger partial charge in [-0.2, -0.15) is 4.98 Å². The molecule has 0 radical (unpaired) electrons. The van der Waals surface area contributed by atoms with E-state index in [0.717, 1.165) is 23.8 Å². The van der Waals surface area contributed by atoms with Crippen molar-refractivity contribution >= 4 is 23.7 Å². The summed E-state index contributed by atoms with van der Waals surface area (Å²) in [4.78, 5) is 51.0. The fourth-order valence-electron chi connectivity index (χ4n) is 3.27. The Labute approximate surface area is 157 Å². The van der Waals surface area contributed by atoms with Gasteiger partial charge in [0.2, 0.25) is 0 Å². The number of anilines is 1. The lowest BCUT2D eigenvalue weighted by molar-refractivity contribution is -0.195. The minimum absolute atomic E-state index is 0.0890. The Morgan fingerprint density at radius 1 is 1.25 bits per heavy atom. The highest BCUT2D eigenvalue weighted by Crippen LogP contribution is 2.36. The third-order valence-corrected chi connectivity index (χ3v) is 4.99. The van der Waals surface area contributed by atoms with Crippen molar-refractivity contribution in [1.82, 2.24) is 9.55 Å². The molecule has 0 unspecified atom stereocenters. The molecule has 1 aliphatic carbocycles. The number of carbonyl (C=O) groups is 3. The predicted molar refractivity (Wildman–Crippen MR) is 85.9 cm³/mol. The van der Waals surface area contributed by atoms with Crippen molar-refractivity contribution in [2.45, 2.75) is 43.8 Å². The molecule has 2 N–H and O–H groups in total. The Morgan fingerprint density at radius 3 is 2.57 bits per heavy atom. The number of esters is 3. The van der Waals surface area contributed by atoms with Gasteiger partial charge in [0.25, 0.3) is 0 Å². The van der Waals surface area contributed by atoms with Crippen LogP contribution >= 0.6 is 0 Å². The molecule has 0 amide bonds. The molecule has 0 aromatic carbocycles. The van der Waals surface area contributed by atoms with Gasteiger partial charge in [-0.1, -0.05) is 6.42 Å². The van der Waals surface area contributed by atoms with Gasteiger partial charge in [-0.3, -0.25) is 20.0 Å². The molecule has 12 heteroatoms. The number of hydrogen-bond donors (Lipinski definition) is 2. The highest BCUT2D eigenvalue weighted by atomic mass is 16.7. The molecule has 3 aliphatic rings. The van der Waals surface area contributed by atoms with E-state index in [2.05, 4.69) is 4.98 Å². The summed E-state index contributed by atoms with van der Waals surface area (Å²) in [5, 5.41) is 8.84. The number of aromatic nitrogens is 2. The molecule has 3 heterocycles. The molecule has 150 valence electrons. The molecule has 4 atom stereocenters. The third kappa shape index (κ3) is 3.20. The van der Waals surface area contributed by atoms with Gasteiger partial charge >= 0.3 is 23.6 Å². The van der Waals surface area contributed by atoms with Gasteiger partial charge in [0.15, 0.2) is 24.3 Å². The second-order valence-corrected chi connectivity index (χ2v) is 6.68. The van der Waals surface area contributed by atoms with Crippen molar-refractivity contribution in [2.24, 2.45) is 5.92 Å². The summed E-state index contributed by atoms with van der Waals surface area (Å²) in [6.45, 7) is -0.226. The maximum atomic E-state index is 12.2. The molecule has 2 saturated heterocycles. The van der Waals surface area contributed by atoms with E-state index < -0.39 is 42.2 Å². The quantitative estimate of drug-likeness (QED) is 0.276. The smallest absolute Gasteiger partial charge is 0.418 e. The van der Waals surface area contributed by atoms with Gasteiger partial charge in [-0.05, 0) is 18.9 Å². The van der Waals surface area contributed by atoms with Crippen molar-refractivity contribution in [3.8, 4) is 0 Å². The second kappa shape index (κ2) is 7.20. The molecular weight excluding hydrogens is 378 g/mol. The number of rotatable bonds is 5. The normalized spacial score (nSPS) is 29.3. The molecule has 1 aromatic rings. The van der Waals surface area contributed by atoms with Crippen molar-refractivity contribution in [1.29, 1.82) is 0 Å². The van der Waals surface area contributed by atoms with Crippen LogP contribution in [0.15, 0.2) is 17.1 Å². The van der Waals surface area contributed by atoms with E-state index in [1.54, 1.807) is 5.48 Å². The fraction of sp³-hybridized carbons (Fsp3) is 0.562. The largest absolute Gasteiger partial charge is 0.463 e. The second-order valence-electron chi connectivity index (χ2n) is 6.68. The summed E-state index contributed by atoms with van der Waals surface area (Å²) < 4.78 is 22.2. The SMILES string of the molecule is O=C1O[C@@H]2[C@H](OC1=O)[C@@H](COC(=O)C1CCC1)O[C@H]2n1ccc(NO)nc1=O. The highest BCUT2D eigenvalue weighted by Gasteiger charge is 2.55. The number of hydrogen-bond acceptors (Lipinski definition) is 11. The Morgan fingerprint density at radius 2 is 1.96 bits per heavy atom. The Balaban J connectivity index is 1.55. The molecule has 12 nitrogen and oxygen atoms in total. The van der Waals surface area contributed by atoms with E-state index in [1.807, 2.05) is 0 Å². The number of carbonyl (C=O) groups excluding carboxylic acids is 3. The van der Waals surface area contributed by atoms with Crippen molar-refractivity contribution in [3.05, 3.63) is 22.7 Å². The maximum absolute atomic E-state index is 12.2. The minimum Gasteiger partial charge on any atom is -0.463 e. The summed E-state index contributed by atoms with van der Waals surface area (Å²) in [6.07, 6.45) is -0.495. The summed E-state index contributed by atoms with van der Waals surface area (Å²) in [7, 11) is 0. The van der Waals surface area contributed by atoms with Gasteiger partial charge in [0.1, 0.15) is 12.7 Å². The summed E-state index contributed by atoms with van der Waals surface area (Å²) in [6, 6.07) is 1.29. The van der Waals surface area contributed by atoms with E-state index in [-0.39, 0.29) is 24.3 Å². The minimum atomic E-state index is -1.21. The first-order chi connectivity index (χ1) is 13.5. The summed E-state index contributed by atoms with van der Waals surface area (Å²) in [5.41, 5.74) is 0.938. The van der Waals surface area contributed by atoms with Gasteiger partial charge in [-0.25, -0.2) is 14.4 Å². The monoisotopic (exact) mass is 395 g/mol. The van der Waals surface area contributed by atoms with Crippen LogP contribution in [0.4, 0.5) is 5.82 Å². The lowest BCUT2D eigenvalue weighted by Crippen LogP contribution is -2.49. The Bertz CT molecular complexity index is 865. The van der Waals surface area contributed by atoms with E-state index in [0.29, 0.717) is 0 Å². The number of nitrogens with one attached hydrogen (secondary N) is 1. The van der Waals surface area contributed by atoms with Crippen LogP contribution in [0.2, 0.25) is 0 Å². The predicted octanol–water partition coefficient (Wildman–Crippen LogP) is -0.878. The van der Waals surface area contributed by atoms with Crippen LogP contribution in [0.3, 0.4) is 0 Å². The van der Waals surface area contributed by atoms with Gasteiger partial charge in [0, 0.05) is 6.20 Å². The van der Waals surface area contributed by atoms with Crippen molar-refractivity contribution < 1.29 is 38.5 Å². The average molecular weight is 395 g/mol. The van der Waals surface area contributed by atoms with Gasteiger partial charge in [-0.15, -0.1) is 0 Å². The molecule has 1 saturated carbocycles. The summed E-state index contributed by atoms with van der Waals surface area (Å²) in [5.74, 6) is -3.01. The van der Waals surface area contributed by atoms with Crippen LogP contribution in [0.1, 0.15) is 25.5 Å². The first-order valence-electron chi connectivity index (χ1n) is 8.71. The molecule has 3 fully saturated rings. The standard InChI is InChI=1S/C16H17N3O9/c20-13(7-2-1-3-7)25-6-8-10-11(28-15(22)14(21)27-10)12(26-8)19-5-4-9(18-24)17-16(19)23/h4-5,7-8,10-12,24H,1-3,6H2,(H,17,18,23)/t8-,10-,11-,12-/m1/s1. The van der Waals surface area contributed by atoms with Crippen LogP contribution in [-0.4, -0.2) is 57.6 Å². The first kappa shape index (κ1) is 18.4. The van der Waals surface area contributed by atoms with Crippen LogP contribution in [-0.2, 0) is 33.3 Å². The summed E-state index contributed by atoms with van der Waals surface area (Å²) >= 11 is 0. The highest BCUT2D eigenvalue weighted by molar-refractivity contribution is 6.30. The number of ether oxygens (including phenoxy) is 4. The molecule has 0 spiro atoms. The topological polar surface area (TPSA) is 155 Å². The molecule has 0 bridgehead atoms. The van der Waals surface area contributed by atoms with Gasteiger partial charge in [0.05, 0.1) is 5.92 Å². The zero-order valence-corrected chi connectivity index (χ0v) is 14.5. The lowest BCUT2D eigenvalue weighted by atomic mass is 9.86. The Kier molecular flexibility index (Phi) is 4.73. The Hall–Kier alpha value is -2.99. The van der Waals surface area contributed by atoms with E-state index in [9.17, 15) is 19.2 Å². The molecule has 28 heavy (non-hydrogen) atoms.